The standard InChI is InChI=1S/C17H31N3O.2ClH/c1-4-20-10-5-14(11-13(20)2)19(3)16(21)15-12-17(15)6-8-18-9-7-17;;/h13-15,18H,4-12H2,1-3H3;2*1H. The van der Waals surface area contributed by atoms with Gasteiger partial charge in [0.2, 0.25) is 5.91 Å². The van der Waals surface area contributed by atoms with Crippen molar-refractivity contribution in [2.24, 2.45) is 11.3 Å². The lowest BCUT2D eigenvalue weighted by atomic mass is 9.91. The second-order valence-electron chi connectivity index (χ2n) is 7.47. The Labute approximate surface area is 153 Å². The number of likely N-dealkylation sites (tertiary alicyclic amines) is 1. The highest BCUT2D eigenvalue weighted by molar-refractivity contribution is 5.85. The Balaban J connectivity index is 0.00000132. The van der Waals surface area contributed by atoms with Crippen LogP contribution in [0.1, 0.15) is 46.0 Å². The number of carbonyl (C=O) groups is 1. The molecule has 0 radical (unpaired) electrons. The SMILES string of the molecule is CCN1CCC(N(C)C(=O)C2CC23CCNCC3)CC1C.Cl.Cl. The minimum atomic E-state index is 0. The Hall–Kier alpha value is -0.0300. The molecule has 23 heavy (non-hydrogen) atoms. The molecule has 0 aromatic carbocycles. The second-order valence-corrected chi connectivity index (χ2v) is 7.47. The van der Waals surface area contributed by atoms with Crippen LogP contribution in [0.5, 0.6) is 0 Å². The molecule has 3 rings (SSSR count). The van der Waals surface area contributed by atoms with Gasteiger partial charge < -0.3 is 15.1 Å². The molecule has 1 spiro atoms. The molecule has 3 atom stereocenters. The Kier molecular flexibility index (Phi) is 7.65. The second kappa shape index (κ2) is 8.37. The zero-order chi connectivity index (χ0) is 15.0. The van der Waals surface area contributed by atoms with Gasteiger partial charge in [-0.3, -0.25) is 4.79 Å². The van der Waals surface area contributed by atoms with Crippen molar-refractivity contribution in [1.29, 1.82) is 0 Å². The molecule has 2 heterocycles. The van der Waals surface area contributed by atoms with Crippen molar-refractivity contribution in [3.8, 4) is 0 Å². The molecule has 4 nitrogen and oxygen atoms in total. The molecular formula is C17H33Cl2N3O. The van der Waals surface area contributed by atoms with E-state index in [1.54, 1.807) is 0 Å². The Morgan fingerprint density at radius 3 is 2.52 bits per heavy atom. The number of amides is 1. The van der Waals surface area contributed by atoms with Crippen molar-refractivity contribution in [2.45, 2.75) is 58.0 Å². The van der Waals surface area contributed by atoms with Crippen LogP contribution >= 0.6 is 24.8 Å². The number of carbonyl (C=O) groups excluding carboxylic acids is 1. The summed E-state index contributed by atoms with van der Waals surface area (Å²) in [6.45, 7) is 9.00. The van der Waals surface area contributed by atoms with Gasteiger partial charge in [-0.25, -0.2) is 0 Å². The number of nitrogens with zero attached hydrogens (tertiary/aromatic N) is 2. The summed E-state index contributed by atoms with van der Waals surface area (Å²) in [6.07, 6.45) is 5.81. The van der Waals surface area contributed by atoms with Gasteiger partial charge in [-0.2, -0.15) is 0 Å². The third-order valence-corrected chi connectivity index (χ3v) is 6.37. The van der Waals surface area contributed by atoms with E-state index in [0.717, 1.165) is 45.4 Å². The molecule has 1 aliphatic carbocycles. The highest BCUT2D eigenvalue weighted by Gasteiger charge is 2.58. The number of hydrogen-bond donors (Lipinski definition) is 1. The molecule has 0 aromatic heterocycles. The van der Waals surface area contributed by atoms with Gasteiger partial charge in [-0.05, 0) is 64.1 Å². The monoisotopic (exact) mass is 365 g/mol. The molecule has 0 aromatic rings. The van der Waals surface area contributed by atoms with Crippen LogP contribution in [-0.4, -0.2) is 61.0 Å². The third-order valence-electron chi connectivity index (χ3n) is 6.37. The zero-order valence-corrected chi connectivity index (χ0v) is 16.3. The maximum Gasteiger partial charge on any atom is 0.226 e. The maximum atomic E-state index is 12.8. The van der Waals surface area contributed by atoms with Crippen molar-refractivity contribution in [2.75, 3.05) is 33.2 Å². The molecule has 1 saturated carbocycles. The summed E-state index contributed by atoms with van der Waals surface area (Å²) in [4.78, 5) is 17.5. The van der Waals surface area contributed by atoms with Gasteiger partial charge in [0.15, 0.2) is 0 Å². The zero-order valence-electron chi connectivity index (χ0n) is 14.7. The van der Waals surface area contributed by atoms with E-state index in [2.05, 4.69) is 36.0 Å². The number of rotatable bonds is 3. The molecule has 6 heteroatoms. The van der Waals surface area contributed by atoms with Crippen molar-refractivity contribution in [3.63, 3.8) is 0 Å². The van der Waals surface area contributed by atoms with Gasteiger partial charge in [-0.1, -0.05) is 6.92 Å². The smallest absolute Gasteiger partial charge is 0.226 e. The van der Waals surface area contributed by atoms with Crippen LogP contribution in [-0.2, 0) is 4.79 Å². The highest BCUT2D eigenvalue weighted by Crippen LogP contribution is 2.59. The van der Waals surface area contributed by atoms with Crippen molar-refractivity contribution in [1.82, 2.24) is 15.1 Å². The fourth-order valence-corrected chi connectivity index (χ4v) is 4.62. The number of hydrogen-bond acceptors (Lipinski definition) is 3. The first-order valence-electron chi connectivity index (χ1n) is 8.79. The summed E-state index contributed by atoms with van der Waals surface area (Å²) in [5.74, 6) is 0.753. The first kappa shape index (κ1) is 21.0. The van der Waals surface area contributed by atoms with E-state index in [1.807, 2.05) is 0 Å². The quantitative estimate of drug-likeness (QED) is 0.834. The summed E-state index contributed by atoms with van der Waals surface area (Å²) in [5, 5.41) is 3.42. The van der Waals surface area contributed by atoms with Crippen LogP contribution in [0.4, 0.5) is 0 Å². The average molecular weight is 366 g/mol. The minimum Gasteiger partial charge on any atom is -0.342 e. The fraction of sp³-hybridized carbons (Fsp3) is 0.941. The van der Waals surface area contributed by atoms with E-state index in [0.29, 0.717) is 29.3 Å². The lowest BCUT2D eigenvalue weighted by Crippen LogP contribution is -2.50. The normalized spacial score (nSPS) is 32.6. The molecular weight excluding hydrogens is 333 g/mol. The topological polar surface area (TPSA) is 35.6 Å². The summed E-state index contributed by atoms with van der Waals surface area (Å²) >= 11 is 0. The van der Waals surface area contributed by atoms with E-state index in [4.69, 9.17) is 0 Å². The van der Waals surface area contributed by atoms with Crippen molar-refractivity contribution >= 4 is 30.7 Å². The Morgan fingerprint density at radius 2 is 1.96 bits per heavy atom. The first-order chi connectivity index (χ1) is 10.1. The van der Waals surface area contributed by atoms with E-state index >= 15 is 0 Å². The van der Waals surface area contributed by atoms with E-state index in [9.17, 15) is 4.79 Å². The Bertz CT molecular complexity index is 401. The molecule has 1 N–H and O–H groups in total. The summed E-state index contributed by atoms with van der Waals surface area (Å²) in [6, 6.07) is 1.06. The van der Waals surface area contributed by atoms with Crippen LogP contribution in [0.25, 0.3) is 0 Å². The van der Waals surface area contributed by atoms with Crippen molar-refractivity contribution in [3.05, 3.63) is 0 Å². The molecule has 2 saturated heterocycles. The largest absolute Gasteiger partial charge is 0.342 e. The molecule has 136 valence electrons. The van der Waals surface area contributed by atoms with Crippen LogP contribution in [0.2, 0.25) is 0 Å². The van der Waals surface area contributed by atoms with Crippen molar-refractivity contribution < 1.29 is 4.79 Å². The van der Waals surface area contributed by atoms with E-state index < -0.39 is 0 Å². The summed E-state index contributed by atoms with van der Waals surface area (Å²) in [7, 11) is 2.05. The number of nitrogens with one attached hydrogen (secondary N) is 1. The first-order valence-corrected chi connectivity index (χ1v) is 8.79. The number of halogens is 2. The molecule has 3 aliphatic rings. The fourth-order valence-electron chi connectivity index (χ4n) is 4.62. The van der Waals surface area contributed by atoms with Crippen LogP contribution in [0, 0.1) is 11.3 Å². The van der Waals surface area contributed by atoms with Crippen LogP contribution < -0.4 is 5.32 Å². The highest BCUT2D eigenvalue weighted by atomic mass is 35.5. The van der Waals surface area contributed by atoms with Gasteiger partial charge >= 0.3 is 0 Å². The van der Waals surface area contributed by atoms with Gasteiger partial charge in [0.25, 0.3) is 0 Å². The Morgan fingerprint density at radius 1 is 1.30 bits per heavy atom. The lowest BCUT2D eigenvalue weighted by molar-refractivity contribution is -0.135. The minimum absolute atomic E-state index is 0. The lowest BCUT2D eigenvalue weighted by Gasteiger charge is -2.41. The molecule has 3 fully saturated rings. The molecule has 0 bridgehead atoms. The average Bonchev–Trinajstić information content (AvgIpc) is 3.19. The van der Waals surface area contributed by atoms with Gasteiger partial charge in [0.05, 0.1) is 0 Å². The predicted octanol–water partition coefficient (Wildman–Crippen LogP) is 2.55. The molecule has 2 aliphatic heterocycles. The number of piperidine rings is 2. The predicted molar refractivity (Wildman–Crippen MR) is 99.6 cm³/mol. The summed E-state index contributed by atoms with van der Waals surface area (Å²) in [5.41, 5.74) is 0.367. The molecule has 3 unspecified atom stereocenters. The van der Waals surface area contributed by atoms with Gasteiger partial charge in [-0.15, -0.1) is 24.8 Å². The maximum absolute atomic E-state index is 12.8. The van der Waals surface area contributed by atoms with Crippen LogP contribution in [0.3, 0.4) is 0 Å². The van der Waals surface area contributed by atoms with E-state index in [1.165, 1.54) is 12.8 Å². The van der Waals surface area contributed by atoms with Gasteiger partial charge in [0, 0.05) is 31.6 Å². The van der Waals surface area contributed by atoms with Gasteiger partial charge in [0.1, 0.15) is 0 Å². The van der Waals surface area contributed by atoms with Crippen LogP contribution in [0.15, 0.2) is 0 Å². The van der Waals surface area contributed by atoms with E-state index in [-0.39, 0.29) is 24.8 Å². The third kappa shape index (κ3) is 4.15. The summed E-state index contributed by atoms with van der Waals surface area (Å²) < 4.78 is 0. The molecule has 1 amide bonds.